The predicted octanol–water partition coefficient (Wildman–Crippen LogP) is 4.23. The Bertz CT molecular complexity index is 793. The highest BCUT2D eigenvalue weighted by Gasteiger charge is 2.37. The second kappa shape index (κ2) is 6.34. The molecule has 5 nitrogen and oxygen atoms in total. The smallest absolute Gasteiger partial charge is 0.298 e. The zero-order chi connectivity index (χ0) is 16.4. The minimum atomic E-state index is -0.374. The number of carbonyl (C=O) groups excluding carboxylic acids is 2. The monoisotopic (exact) mass is 329 g/mol. The number of rotatable bonds is 4. The van der Waals surface area contributed by atoms with Crippen molar-refractivity contribution in [3.05, 3.63) is 52.8 Å². The van der Waals surface area contributed by atoms with Gasteiger partial charge in [0, 0.05) is 6.08 Å². The third kappa shape index (κ3) is 3.03. The number of carbonyl (C=O) groups is 2. The molecule has 0 saturated carbocycles. The lowest BCUT2D eigenvalue weighted by molar-refractivity contribution is -0.113. The normalized spacial score (nSPS) is 16.4. The van der Waals surface area contributed by atoms with E-state index >= 15 is 0 Å². The first-order valence-corrected chi connectivity index (χ1v) is 7.98. The number of hydrogen-bond donors (Lipinski definition) is 0. The molecule has 1 aromatic carbocycles. The van der Waals surface area contributed by atoms with Crippen molar-refractivity contribution < 1.29 is 18.7 Å². The molecule has 0 radical (unpaired) electrons. The number of ether oxygens (including phenoxy) is 1. The van der Waals surface area contributed by atoms with Crippen LogP contribution in [0.1, 0.15) is 18.4 Å². The fourth-order valence-electron chi connectivity index (χ4n) is 2.26. The van der Waals surface area contributed by atoms with Gasteiger partial charge < -0.3 is 9.15 Å². The molecule has 6 heteroatoms. The number of nitrogens with zero attached hydrogens (tertiary/aromatic N) is 1. The van der Waals surface area contributed by atoms with Gasteiger partial charge in [-0.15, -0.1) is 0 Å². The second-order valence-corrected chi connectivity index (χ2v) is 5.86. The van der Waals surface area contributed by atoms with Crippen LogP contribution in [-0.2, 0) is 4.79 Å². The summed E-state index contributed by atoms with van der Waals surface area (Å²) in [5.74, 6) is 1.43. The summed E-state index contributed by atoms with van der Waals surface area (Å²) in [6.07, 6.45) is 1.58. The van der Waals surface area contributed by atoms with Crippen LogP contribution in [0.3, 0.4) is 0 Å². The molecule has 2 aromatic rings. The zero-order valence-electron chi connectivity index (χ0n) is 12.7. The minimum absolute atomic E-state index is 0.329. The Balaban J connectivity index is 1.95. The molecule has 1 aliphatic rings. The topological polar surface area (TPSA) is 59.8 Å². The van der Waals surface area contributed by atoms with Crippen molar-refractivity contribution in [1.82, 2.24) is 0 Å². The molecule has 1 aliphatic heterocycles. The molecule has 2 heterocycles. The van der Waals surface area contributed by atoms with Gasteiger partial charge in [0.25, 0.3) is 11.1 Å². The van der Waals surface area contributed by atoms with Crippen LogP contribution < -0.4 is 9.64 Å². The number of aryl methyl sites for hydroxylation is 1. The van der Waals surface area contributed by atoms with E-state index in [0.717, 1.165) is 22.4 Å². The summed E-state index contributed by atoms with van der Waals surface area (Å²) >= 11 is 0.890. The molecule has 118 valence electrons. The SMILES string of the molecule is CCOc1ccccc1N1C(=O)S/C(=C/c2ccc(C)o2)C1=O. The van der Waals surface area contributed by atoms with E-state index in [0.29, 0.717) is 28.7 Å². The van der Waals surface area contributed by atoms with E-state index in [1.165, 1.54) is 0 Å². The molecule has 0 N–H and O–H groups in total. The summed E-state index contributed by atoms with van der Waals surface area (Å²) in [5, 5.41) is -0.350. The summed E-state index contributed by atoms with van der Waals surface area (Å²) in [6.45, 7) is 4.12. The van der Waals surface area contributed by atoms with Crippen LogP contribution in [-0.4, -0.2) is 17.8 Å². The van der Waals surface area contributed by atoms with Gasteiger partial charge in [-0.2, -0.15) is 0 Å². The number of furan rings is 1. The molecular formula is C17H15NO4S. The number of amides is 2. The van der Waals surface area contributed by atoms with Crippen LogP contribution >= 0.6 is 11.8 Å². The van der Waals surface area contributed by atoms with E-state index in [4.69, 9.17) is 9.15 Å². The van der Waals surface area contributed by atoms with Gasteiger partial charge in [-0.3, -0.25) is 9.59 Å². The van der Waals surface area contributed by atoms with Crippen molar-refractivity contribution >= 4 is 34.7 Å². The standard InChI is InChI=1S/C17H15NO4S/c1-3-21-14-7-5-4-6-13(14)18-16(19)15(23-17(18)20)10-12-9-8-11(2)22-12/h4-10H,3H2,1-2H3/b15-10+. The molecular weight excluding hydrogens is 314 g/mol. The molecule has 0 aliphatic carbocycles. The van der Waals surface area contributed by atoms with Gasteiger partial charge in [0.05, 0.1) is 17.2 Å². The molecule has 0 atom stereocenters. The fourth-order valence-corrected chi connectivity index (χ4v) is 3.07. The van der Waals surface area contributed by atoms with Crippen molar-refractivity contribution in [3.63, 3.8) is 0 Å². The molecule has 0 spiro atoms. The van der Waals surface area contributed by atoms with E-state index in [-0.39, 0.29) is 11.1 Å². The number of imide groups is 1. The average Bonchev–Trinajstić information content (AvgIpc) is 3.05. The molecule has 2 amide bonds. The number of para-hydroxylation sites is 2. The van der Waals surface area contributed by atoms with Crippen LogP contribution in [0.2, 0.25) is 0 Å². The highest BCUT2D eigenvalue weighted by Crippen LogP contribution is 2.39. The zero-order valence-corrected chi connectivity index (χ0v) is 13.6. The van der Waals surface area contributed by atoms with Gasteiger partial charge in [-0.1, -0.05) is 12.1 Å². The first-order chi connectivity index (χ1) is 11.1. The third-order valence-corrected chi connectivity index (χ3v) is 4.10. The maximum atomic E-state index is 12.6. The maximum Gasteiger partial charge on any atom is 0.298 e. The Morgan fingerprint density at radius 1 is 1.22 bits per heavy atom. The number of hydrogen-bond acceptors (Lipinski definition) is 5. The lowest BCUT2D eigenvalue weighted by atomic mass is 10.2. The molecule has 3 rings (SSSR count). The first-order valence-electron chi connectivity index (χ1n) is 7.16. The van der Waals surface area contributed by atoms with Crippen molar-refractivity contribution in [1.29, 1.82) is 0 Å². The molecule has 1 fully saturated rings. The van der Waals surface area contributed by atoms with Crippen molar-refractivity contribution in [3.8, 4) is 5.75 Å². The number of thioether (sulfide) groups is 1. The second-order valence-electron chi connectivity index (χ2n) is 4.87. The Kier molecular flexibility index (Phi) is 4.25. The summed E-state index contributed by atoms with van der Waals surface area (Å²) in [5.41, 5.74) is 0.455. The summed E-state index contributed by atoms with van der Waals surface area (Å²) in [7, 11) is 0. The predicted molar refractivity (Wildman–Crippen MR) is 89.5 cm³/mol. The Morgan fingerprint density at radius 2 is 2.00 bits per heavy atom. The van der Waals surface area contributed by atoms with E-state index < -0.39 is 0 Å². The quantitative estimate of drug-likeness (QED) is 0.786. The summed E-state index contributed by atoms with van der Waals surface area (Å²) in [4.78, 5) is 26.4. The van der Waals surface area contributed by atoms with Crippen LogP contribution in [0.5, 0.6) is 5.75 Å². The van der Waals surface area contributed by atoms with Gasteiger partial charge in [0.1, 0.15) is 17.3 Å². The van der Waals surface area contributed by atoms with E-state index in [1.54, 1.807) is 42.5 Å². The Labute approximate surface area is 137 Å². The molecule has 0 bridgehead atoms. The lowest BCUT2D eigenvalue weighted by Crippen LogP contribution is -2.28. The van der Waals surface area contributed by atoms with E-state index in [1.807, 2.05) is 13.8 Å². The van der Waals surface area contributed by atoms with Crippen LogP contribution in [0.25, 0.3) is 6.08 Å². The fraction of sp³-hybridized carbons (Fsp3) is 0.176. The number of benzene rings is 1. The summed E-state index contributed by atoms with van der Waals surface area (Å²) < 4.78 is 10.9. The molecule has 1 aromatic heterocycles. The van der Waals surface area contributed by atoms with E-state index in [9.17, 15) is 9.59 Å². The minimum Gasteiger partial charge on any atom is -0.492 e. The van der Waals surface area contributed by atoms with Crippen molar-refractivity contribution in [2.24, 2.45) is 0 Å². The van der Waals surface area contributed by atoms with Crippen LogP contribution in [0.4, 0.5) is 10.5 Å². The van der Waals surface area contributed by atoms with Gasteiger partial charge in [0.2, 0.25) is 0 Å². The van der Waals surface area contributed by atoms with Crippen LogP contribution in [0, 0.1) is 6.92 Å². The van der Waals surface area contributed by atoms with Gasteiger partial charge in [-0.25, -0.2) is 4.90 Å². The third-order valence-electron chi connectivity index (χ3n) is 3.23. The molecule has 1 saturated heterocycles. The number of anilines is 1. The van der Waals surface area contributed by atoms with Gasteiger partial charge in [0.15, 0.2) is 0 Å². The lowest BCUT2D eigenvalue weighted by Gasteiger charge is -2.16. The molecule has 0 unspecified atom stereocenters. The van der Waals surface area contributed by atoms with Gasteiger partial charge >= 0.3 is 0 Å². The highest BCUT2D eigenvalue weighted by molar-refractivity contribution is 8.19. The largest absolute Gasteiger partial charge is 0.492 e. The van der Waals surface area contributed by atoms with Crippen molar-refractivity contribution in [2.75, 3.05) is 11.5 Å². The highest BCUT2D eigenvalue weighted by atomic mass is 32.2. The molecule has 23 heavy (non-hydrogen) atoms. The van der Waals surface area contributed by atoms with Gasteiger partial charge in [-0.05, 0) is 49.9 Å². The summed E-state index contributed by atoms with van der Waals surface area (Å²) in [6, 6.07) is 10.6. The van der Waals surface area contributed by atoms with Crippen molar-refractivity contribution in [2.45, 2.75) is 13.8 Å². The Morgan fingerprint density at radius 3 is 2.70 bits per heavy atom. The van der Waals surface area contributed by atoms with Crippen LogP contribution in [0.15, 0.2) is 45.7 Å². The maximum absolute atomic E-state index is 12.6. The van der Waals surface area contributed by atoms with E-state index in [2.05, 4.69) is 0 Å². The Hall–Kier alpha value is -2.47. The average molecular weight is 329 g/mol. The first kappa shape index (κ1) is 15.4.